The Kier molecular flexibility index (Phi) is 5.44. The molecule has 5 nitrogen and oxygen atoms in total. The fraction of sp³-hybridized carbons (Fsp3) is 0.286. The first-order chi connectivity index (χ1) is 16.2. The van der Waals surface area contributed by atoms with Gasteiger partial charge in [0.1, 0.15) is 0 Å². The molecule has 6 heteroatoms. The number of aryl methyl sites for hydroxylation is 2. The van der Waals surface area contributed by atoms with E-state index >= 15 is 0 Å². The smallest absolute Gasteiger partial charge is 0.308 e. The van der Waals surface area contributed by atoms with Crippen LogP contribution >= 0.6 is 11.8 Å². The van der Waals surface area contributed by atoms with Gasteiger partial charge in [-0.1, -0.05) is 54.6 Å². The molecule has 2 heterocycles. The highest BCUT2D eigenvalue weighted by Gasteiger charge is 2.63. The summed E-state index contributed by atoms with van der Waals surface area (Å²) in [5.41, 5.74) is 5.78. The molecule has 0 aliphatic carbocycles. The van der Waals surface area contributed by atoms with E-state index in [1.54, 1.807) is 16.7 Å². The molecule has 3 amide bonds. The van der Waals surface area contributed by atoms with Gasteiger partial charge in [0, 0.05) is 22.5 Å². The molecule has 1 N–H and O–H groups in total. The molecule has 1 spiro atoms. The maximum atomic E-state index is 14.3. The summed E-state index contributed by atoms with van der Waals surface area (Å²) in [5, 5.41) is 3.04. The molecule has 1 atom stereocenters. The zero-order valence-corrected chi connectivity index (χ0v) is 20.8. The highest BCUT2D eigenvalue weighted by Crippen LogP contribution is 2.59. The number of hydrogen-bond acceptors (Lipinski definition) is 3. The first kappa shape index (κ1) is 22.5. The van der Waals surface area contributed by atoms with Gasteiger partial charge in [0.15, 0.2) is 4.87 Å². The predicted molar refractivity (Wildman–Crippen MR) is 139 cm³/mol. The van der Waals surface area contributed by atoms with Crippen molar-refractivity contribution in [3.05, 3.63) is 95.1 Å². The van der Waals surface area contributed by atoms with Crippen LogP contribution in [0.1, 0.15) is 36.1 Å². The third kappa shape index (κ3) is 3.66. The van der Waals surface area contributed by atoms with Crippen LogP contribution in [-0.2, 0) is 16.2 Å². The van der Waals surface area contributed by atoms with E-state index in [2.05, 4.69) is 38.2 Å². The van der Waals surface area contributed by atoms with Crippen molar-refractivity contribution in [3.8, 4) is 0 Å². The summed E-state index contributed by atoms with van der Waals surface area (Å²) in [4.78, 5) is 30.5. The van der Waals surface area contributed by atoms with Crippen molar-refractivity contribution in [2.24, 2.45) is 0 Å². The summed E-state index contributed by atoms with van der Waals surface area (Å²) in [6, 6.07) is 23.5. The lowest BCUT2D eigenvalue weighted by Gasteiger charge is -2.33. The van der Waals surface area contributed by atoms with E-state index in [4.69, 9.17) is 0 Å². The molecule has 2 aliphatic heterocycles. The van der Waals surface area contributed by atoms with Crippen LogP contribution in [0.25, 0.3) is 0 Å². The topological polar surface area (TPSA) is 52.7 Å². The van der Waals surface area contributed by atoms with E-state index in [-0.39, 0.29) is 16.7 Å². The second kappa shape index (κ2) is 8.20. The number of thioether (sulfide) groups is 1. The van der Waals surface area contributed by atoms with Crippen molar-refractivity contribution < 1.29 is 9.59 Å². The van der Waals surface area contributed by atoms with E-state index in [9.17, 15) is 9.59 Å². The molecule has 174 valence electrons. The van der Waals surface area contributed by atoms with E-state index in [0.717, 1.165) is 33.6 Å². The fourth-order valence-electron chi connectivity index (χ4n) is 4.99. The van der Waals surface area contributed by atoms with Crippen molar-refractivity contribution in [2.45, 2.75) is 43.9 Å². The van der Waals surface area contributed by atoms with Gasteiger partial charge in [-0.05, 0) is 62.6 Å². The lowest BCUT2D eigenvalue weighted by Crippen LogP contribution is -2.51. The summed E-state index contributed by atoms with van der Waals surface area (Å²) in [7, 11) is 0. The van der Waals surface area contributed by atoms with Crippen LogP contribution in [0.15, 0.2) is 72.8 Å². The molecule has 0 bridgehead atoms. The average molecular weight is 472 g/mol. The number of hydrogen-bond donors (Lipinski definition) is 1. The Morgan fingerprint density at radius 3 is 2.50 bits per heavy atom. The van der Waals surface area contributed by atoms with Gasteiger partial charge in [0.25, 0.3) is 5.91 Å². The van der Waals surface area contributed by atoms with Crippen LogP contribution in [0.4, 0.5) is 16.2 Å². The van der Waals surface area contributed by atoms with Crippen molar-refractivity contribution in [1.29, 1.82) is 0 Å². The van der Waals surface area contributed by atoms with Gasteiger partial charge < -0.3 is 10.2 Å². The molecule has 0 unspecified atom stereocenters. The Bertz CT molecular complexity index is 1290. The third-order valence-corrected chi connectivity index (χ3v) is 8.13. The van der Waals surface area contributed by atoms with Crippen molar-refractivity contribution in [1.82, 2.24) is 4.90 Å². The monoisotopic (exact) mass is 471 g/mol. The van der Waals surface area contributed by atoms with Gasteiger partial charge in [-0.2, -0.15) is 0 Å². The minimum atomic E-state index is -1.10. The number of nitrogens with one attached hydrogen (secondary N) is 1. The molecule has 0 radical (unpaired) electrons. The maximum Gasteiger partial charge on any atom is 0.323 e. The molecule has 2 aliphatic rings. The summed E-state index contributed by atoms with van der Waals surface area (Å²) < 4.78 is -0.286. The number of rotatable bonds is 3. The first-order valence-corrected chi connectivity index (χ1v) is 12.3. The van der Waals surface area contributed by atoms with Gasteiger partial charge in [-0.15, -0.1) is 11.8 Å². The van der Waals surface area contributed by atoms with Crippen LogP contribution in [0.2, 0.25) is 0 Å². The van der Waals surface area contributed by atoms with E-state index in [1.165, 1.54) is 0 Å². The van der Waals surface area contributed by atoms with Gasteiger partial charge in [-0.3, -0.25) is 9.69 Å². The second-order valence-electron chi connectivity index (χ2n) is 9.73. The molecule has 0 saturated carbocycles. The number of carbonyl (C=O) groups is 2. The van der Waals surface area contributed by atoms with E-state index < -0.39 is 4.87 Å². The Balaban J connectivity index is 1.57. The highest BCUT2D eigenvalue weighted by atomic mass is 32.2. The third-order valence-electron chi connectivity index (χ3n) is 6.54. The Hall–Kier alpha value is -3.25. The maximum absolute atomic E-state index is 14.3. The number of fused-ring (bicyclic) bond motifs is 2. The van der Waals surface area contributed by atoms with Gasteiger partial charge in [-0.25, -0.2) is 4.79 Å². The van der Waals surface area contributed by atoms with E-state index in [0.29, 0.717) is 13.1 Å². The molecule has 1 fully saturated rings. The number of carbonyl (C=O) groups excluding carboxylic acids is 2. The van der Waals surface area contributed by atoms with Crippen LogP contribution in [0.3, 0.4) is 0 Å². The number of amides is 3. The van der Waals surface area contributed by atoms with Crippen molar-refractivity contribution in [3.63, 3.8) is 0 Å². The van der Waals surface area contributed by atoms with Crippen LogP contribution in [0, 0.1) is 13.8 Å². The summed E-state index contributed by atoms with van der Waals surface area (Å²) in [6.07, 6.45) is 0. The minimum absolute atomic E-state index is 0.0630. The number of para-hydroxylation sites is 1. The number of anilines is 2. The second-order valence-corrected chi connectivity index (χ2v) is 11.6. The average Bonchev–Trinajstić information content (AvgIpc) is 3.22. The van der Waals surface area contributed by atoms with Crippen LogP contribution in [-0.4, -0.2) is 28.1 Å². The van der Waals surface area contributed by atoms with Crippen molar-refractivity contribution in [2.75, 3.05) is 16.8 Å². The normalized spacial score (nSPS) is 20.6. The molecule has 34 heavy (non-hydrogen) atoms. The largest absolute Gasteiger partial charge is 0.323 e. The predicted octanol–water partition coefficient (Wildman–Crippen LogP) is 6.06. The number of benzene rings is 3. The molecule has 5 rings (SSSR count). The summed E-state index contributed by atoms with van der Waals surface area (Å²) >= 11 is 1.57. The van der Waals surface area contributed by atoms with Gasteiger partial charge in [0.2, 0.25) is 0 Å². The lowest BCUT2D eigenvalue weighted by molar-refractivity contribution is -0.123. The molecule has 3 aromatic rings. The van der Waals surface area contributed by atoms with Crippen LogP contribution in [0.5, 0.6) is 0 Å². The minimum Gasteiger partial charge on any atom is -0.308 e. The quantitative estimate of drug-likeness (QED) is 0.505. The van der Waals surface area contributed by atoms with Crippen LogP contribution < -0.4 is 10.2 Å². The number of urea groups is 1. The Morgan fingerprint density at radius 2 is 1.74 bits per heavy atom. The molecule has 1 saturated heterocycles. The molecule has 3 aromatic carbocycles. The zero-order chi connectivity index (χ0) is 24.1. The summed E-state index contributed by atoms with van der Waals surface area (Å²) in [6.45, 7) is 9.18. The molecular weight excluding hydrogens is 442 g/mol. The Morgan fingerprint density at radius 1 is 1.00 bits per heavy atom. The van der Waals surface area contributed by atoms with Crippen molar-refractivity contribution >= 4 is 35.1 Å². The standard InChI is InChI=1S/C28H29N3O2S/c1-19-10-9-13-22(16-19)29-26(33)31-18-27(3,4)34-28(31)23-14-7-8-15-24(23)30(25(28)32)17-21-12-6-5-11-20(21)2/h5-16H,17-18H2,1-4H3,(H,29,33)/t28-/m1/s1. The van der Waals surface area contributed by atoms with Gasteiger partial charge in [0.05, 0.1) is 12.2 Å². The molecule has 0 aromatic heterocycles. The fourth-order valence-corrected chi connectivity index (χ4v) is 6.72. The van der Waals surface area contributed by atoms with Gasteiger partial charge >= 0.3 is 6.03 Å². The summed E-state index contributed by atoms with van der Waals surface area (Å²) in [5.74, 6) is -0.0630. The highest BCUT2D eigenvalue weighted by molar-refractivity contribution is 8.02. The lowest BCUT2D eigenvalue weighted by atomic mass is 10.0. The first-order valence-electron chi connectivity index (χ1n) is 11.5. The SMILES string of the molecule is Cc1cccc(NC(=O)N2CC(C)(C)S[C@]23C(=O)N(Cc2ccccc2C)c2ccccc23)c1. The zero-order valence-electron chi connectivity index (χ0n) is 20.0. The van der Waals surface area contributed by atoms with E-state index in [1.807, 2.05) is 72.5 Å². The number of nitrogens with zero attached hydrogens (tertiary/aromatic N) is 2. The Labute approximate surface area is 205 Å². The molecular formula is C28H29N3O2S.